The molecule has 0 aliphatic heterocycles. The zero-order valence-corrected chi connectivity index (χ0v) is 11.8. The predicted molar refractivity (Wildman–Crippen MR) is 68.7 cm³/mol. The molecule has 7 nitrogen and oxygen atoms in total. The molecule has 0 fully saturated rings. The third-order valence-corrected chi connectivity index (χ3v) is 5.10. The van der Waals surface area contributed by atoms with Crippen molar-refractivity contribution < 1.29 is 28.2 Å². The van der Waals surface area contributed by atoms with E-state index in [1.165, 1.54) is 19.2 Å². The highest BCUT2D eigenvalue weighted by molar-refractivity contribution is 7.91. The number of hydrogen-bond donors (Lipinski definition) is 3. The molecule has 1 atom stereocenters. The molecule has 1 unspecified atom stereocenters. The third-order valence-electron chi connectivity index (χ3n) is 2.10. The van der Waals surface area contributed by atoms with E-state index >= 15 is 0 Å². The van der Waals surface area contributed by atoms with Crippen LogP contribution < -0.4 is 4.72 Å². The molecule has 1 heterocycles. The van der Waals surface area contributed by atoms with E-state index in [2.05, 4.69) is 9.46 Å². The lowest BCUT2D eigenvalue weighted by Gasteiger charge is -2.10. The summed E-state index contributed by atoms with van der Waals surface area (Å²) in [7, 11) is -2.33. The Kier molecular flexibility index (Phi) is 5.88. The SMILES string of the molecule is COCC(O)CNS(=O)(=O)c1ccc(CC(=O)O)s1. The Morgan fingerprint density at radius 1 is 1.53 bits per heavy atom. The molecule has 0 saturated heterocycles. The molecular weight excluding hydrogens is 294 g/mol. The quantitative estimate of drug-likeness (QED) is 0.605. The summed E-state index contributed by atoms with van der Waals surface area (Å²) >= 11 is 0.889. The van der Waals surface area contributed by atoms with Crippen molar-refractivity contribution in [1.29, 1.82) is 0 Å². The smallest absolute Gasteiger partial charge is 0.308 e. The monoisotopic (exact) mass is 309 g/mol. The Balaban J connectivity index is 2.66. The molecule has 108 valence electrons. The van der Waals surface area contributed by atoms with E-state index in [1.807, 2.05) is 0 Å². The minimum absolute atomic E-state index is 0.0216. The first-order valence-electron chi connectivity index (χ1n) is 5.32. The summed E-state index contributed by atoms with van der Waals surface area (Å²) < 4.78 is 30.6. The number of sulfonamides is 1. The van der Waals surface area contributed by atoms with Crippen LogP contribution in [0.5, 0.6) is 0 Å². The highest BCUT2D eigenvalue weighted by Gasteiger charge is 2.18. The normalized spacial score (nSPS) is 13.4. The van der Waals surface area contributed by atoms with Crippen molar-refractivity contribution in [2.24, 2.45) is 0 Å². The van der Waals surface area contributed by atoms with Crippen molar-refractivity contribution in [3.8, 4) is 0 Å². The average molecular weight is 309 g/mol. The lowest BCUT2D eigenvalue weighted by atomic mass is 10.3. The highest BCUT2D eigenvalue weighted by atomic mass is 32.2. The summed E-state index contributed by atoms with van der Waals surface area (Å²) in [5.74, 6) is -1.02. The van der Waals surface area contributed by atoms with Crippen LogP contribution in [0.15, 0.2) is 16.3 Å². The Morgan fingerprint density at radius 2 is 2.21 bits per heavy atom. The molecule has 1 rings (SSSR count). The third kappa shape index (κ3) is 5.25. The van der Waals surface area contributed by atoms with E-state index in [0.29, 0.717) is 4.88 Å². The number of aliphatic carboxylic acids is 1. The van der Waals surface area contributed by atoms with Crippen molar-refractivity contribution in [3.05, 3.63) is 17.0 Å². The van der Waals surface area contributed by atoms with Gasteiger partial charge in [-0.3, -0.25) is 4.79 Å². The second-order valence-corrected chi connectivity index (χ2v) is 6.91. The minimum Gasteiger partial charge on any atom is -0.481 e. The van der Waals surface area contributed by atoms with Gasteiger partial charge in [0, 0.05) is 18.5 Å². The van der Waals surface area contributed by atoms with Crippen molar-refractivity contribution in [2.45, 2.75) is 16.7 Å². The fraction of sp³-hybridized carbons (Fsp3) is 0.500. The van der Waals surface area contributed by atoms with E-state index in [1.54, 1.807) is 0 Å². The number of carboxylic acid groups (broad SMARTS) is 1. The van der Waals surface area contributed by atoms with Gasteiger partial charge in [0.15, 0.2) is 0 Å². The van der Waals surface area contributed by atoms with Gasteiger partial charge < -0.3 is 14.9 Å². The van der Waals surface area contributed by atoms with Crippen molar-refractivity contribution in [1.82, 2.24) is 4.72 Å². The maximum absolute atomic E-state index is 11.8. The van der Waals surface area contributed by atoms with Gasteiger partial charge in [-0.15, -0.1) is 11.3 Å². The van der Waals surface area contributed by atoms with E-state index in [4.69, 9.17) is 5.11 Å². The van der Waals surface area contributed by atoms with Crippen LogP contribution in [-0.2, 0) is 26.0 Å². The van der Waals surface area contributed by atoms with Gasteiger partial charge in [-0.05, 0) is 12.1 Å². The summed E-state index contributed by atoms with van der Waals surface area (Å²) in [6.07, 6.45) is -1.15. The number of rotatable bonds is 8. The topological polar surface area (TPSA) is 113 Å². The molecule has 1 aromatic rings. The Morgan fingerprint density at radius 3 is 2.79 bits per heavy atom. The summed E-state index contributed by atoms with van der Waals surface area (Å²) in [5.41, 5.74) is 0. The van der Waals surface area contributed by atoms with Gasteiger partial charge in [0.25, 0.3) is 0 Å². The van der Waals surface area contributed by atoms with Crippen molar-refractivity contribution >= 4 is 27.3 Å². The number of nitrogens with one attached hydrogen (secondary N) is 1. The van der Waals surface area contributed by atoms with Gasteiger partial charge in [-0.2, -0.15) is 0 Å². The second-order valence-electron chi connectivity index (χ2n) is 3.75. The summed E-state index contributed by atoms with van der Waals surface area (Å²) in [6.45, 7) is -0.139. The number of aliphatic hydroxyl groups is 1. The van der Waals surface area contributed by atoms with Gasteiger partial charge in [0.05, 0.1) is 19.1 Å². The average Bonchev–Trinajstić information content (AvgIpc) is 2.75. The molecular formula is C10H15NO6S2. The zero-order valence-electron chi connectivity index (χ0n) is 10.2. The van der Waals surface area contributed by atoms with Crippen LogP contribution in [0.3, 0.4) is 0 Å². The largest absolute Gasteiger partial charge is 0.481 e. The van der Waals surface area contributed by atoms with E-state index in [0.717, 1.165) is 11.3 Å². The predicted octanol–water partition coefficient (Wildman–Crippen LogP) is -0.339. The lowest BCUT2D eigenvalue weighted by molar-refractivity contribution is -0.136. The first kappa shape index (κ1) is 16.1. The molecule has 0 aliphatic rings. The van der Waals surface area contributed by atoms with Crippen LogP contribution >= 0.6 is 11.3 Å². The molecule has 9 heteroatoms. The van der Waals surface area contributed by atoms with Gasteiger partial charge in [0.1, 0.15) is 4.21 Å². The van der Waals surface area contributed by atoms with Crippen LogP contribution in [0, 0.1) is 0 Å². The van der Waals surface area contributed by atoms with Crippen LogP contribution in [0.1, 0.15) is 4.88 Å². The maximum atomic E-state index is 11.8. The van der Waals surface area contributed by atoms with Crippen LogP contribution in [0.2, 0.25) is 0 Å². The summed E-state index contributed by atoms with van der Waals surface area (Å²) in [6, 6.07) is 2.80. The lowest BCUT2D eigenvalue weighted by Crippen LogP contribution is -2.34. The van der Waals surface area contributed by atoms with Gasteiger partial charge in [-0.1, -0.05) is 0 Å². The molecule has 0 aliphatic carbocycles. The molecule has 1 aromatic heterocycles. The van der Waals surface area contributed by atoms with Crippen LogP contribution in [0.25, 0.3) is 0 Å². The van der Waals surface area contributed by atoms with Gasteiger partial charge >= 0.3 is 5.97 Å². The Bertz CT molecular complexity index is 524. The van der Waals surface area contributed by atoms with Gasteiger partial charge in [-0.25, -0.2) is 13.1 Å². The number of methoxy groups -OCH3 is 1. The molecule has 0 saturated carbocycles. The fourth-order valence-corrected chi connectivity index (χ4v) is 3.74. The minimum atomic E-state index is -3.73. The standard InChI is InChI=1S/C10H15NO6S2/c1-17-6-7(12)5-11-19(15,16)10-3-2-8(18-10)4-9(13)14/h2-3,7,11-12H,4-6H2,1H3,(H,13,14). The second kappa shape index (κ2) is 6.96. The van der Waals surface area contributed by atoms with E-state index in [9.17, 15) is 18.3 Å². The van der Waals surface area contributed by atoms with Crippen molar-refractivity contribution in [2.75, 3.05) is 20.3 Å². The first-order chi connectivity index (χ1) is 8.85. The van der Waals surface area contributed by atoms with E-state index in [-0.39, 0.29) is 23.8 Å². The number of carbonyl (C=O) groups is 1. The molecule has 0 bridgehead atoms. The number of thiophene rings is 1. The molecule has 0 amide bonds. The zero-order chi connectivity index (χ0) is 14.5. The Labute approximate surface area is 114 Å². The van der Waals surface area contributed by atoms with Crippen LogP contribution in [0.4, 0.5) is 0 Å². The van der Waals surface area contributed by atoms with Crippen LogP contribution in [-0.4, -0.2) is 51.0 Å². The first-order valence-corrected chi connectivity index (χ1v) is 7.62. The summed E-state index contributed by atoms with van der Waals surface area (Å²) in [4.78, 5) is 11.0. The number of hydrogen-bond acceptors (Lipinski definition) is 6. The number of aliphatic hydroxyl groups excluding tert-OH is 1. The maximum Gasteiger partial charge on any atom is 0.308 e. The Hall–Kier alpha value is -1.00. The van der Waals surface area contributed by atoms with Gasteiger partial charge in [0.2, 0.25) is 10.0 Å². The number of ether oxygens (including phenoxy) is 1. The highest BCUT2D eigenvalue weighted by Crippen LogP contribution is 2.21. The molecule has 3 N–H and O–H groups in total. The van der Waals surface area contributed by atoms with Crippen molar-refractivity contribution in [3.63, 3.8) is 0 Å². The number of carboxylic acids is 1. The fourth-order valence-electron chi connectivity index (χ4n) is 1.28. The summed E-state index contributed by atoms with van der Waals surface area (Å²) in [5, 5.41) is 18.0. The molecule has 0 spiro atoms. The molecule has 0 radical (unpaired) electrons. The molecule has 19 heavy (non-hydrogen) atoms. The molecule has 0 aromatic carbocycles. The van der Waals surface area contributed by atoms with E-state index < -0.39 is 22.1 Å².